The molecular weight excluding hydrogens is 232 g/mol. The second-order valence-electron chi connectivity index (χ2n) is 4.37. The molecule has 18 heavy (non-hydrogen) atoms. The number of amides is 1. The summed E-state index contributed by atoms with van der Waals surface area (Å²) in [6.07, 6.45) is 0. The Kier molecular flexibility index (Phi) is 3.62. The summed E-state index contributed by atoms with van der Waals surface area (Å²) in [7, 11) is 1.48. The van der Waals surface area contributed by atoms with E-state index in [0.29, 0.717) is 17.2 Å². The molecule has 0 saturated carbocycles. The average molecular weight is 248 g/mol. The van der Waals surface area contributed by atoms with Gasteiger partial charge in [0.05, 0.1) is 0 Å². The third-order valence-electron chi connectivity index (χ3n) is 2.46. The predicted molar refractivity (Wildman–Crippen MR) is 68.6 cm³/mol. The Morgan fingerprint density at radius 2 is 2.28 bits per heavy atom. The number of aromatic nitrogens is 1. The van der Waals surface area contributed by atoms with Crippen LogP contribution >= 0.6 is 0 Å². The highest BCUT2D eigenvalue weighted by Crippen LogP contribution is 2.23. The lowest BCUT2D eigenvalue weighted by molar-refractivity contribution is -0.119. The van der Waals surface area contributed by atoms with Crippen LogP contribution in [-0.4, -0.2) is 24.6 Å². The van der Waals surface area contributed by atoms with Crippen molar-refractivity contribution >= 4 is 22.7 Å². The molecule has 0 aliphatic heterocycles. The summed E-state index contributed by atoms with van der Waals surface area (Å²) in [6.45, 7) is 4.07. The first kappa shape index (κ1) is 12.6. The van der Waals surface area contributed by atoms with Crippen LogP contribution in [0.15, 0.2) is 22.6 Å². The van der Waals surface area contributed by atoms with Gasteiger partial charge in [-0.3, -0.25) is 4.79 Å². The fraction of sp³-hybridized carbons (Fsp3) is 0.385. The Bertz CT molecular complexity index is 560. The van der Waals surface area contributed by atoms with Crippen molar-refractivity contribution in [2.45, 2.75) is 19.8 Å². The van der Waals surface area contributed by atoms with E-state index in [0.717, 1.165) is 5.52 Å². The highest BCUT2D eigenvalue weighted by atomic mass is 16.5. The van der Waals surface area contributed by atoms with Gasteiger partial charge in [0.15, 0.2) is 11.5 Å². The zero-order chi connectivity index (χ0) is 13.1. The molecule has 1 heterocycles. The molecule has 0 radical (unpaired) electrons. The molecule has 1 amide bonds. The number of fused-ring (bicyclic) bond motifs is 1. The van der Waals surface area contributed by atoms with Crippen molar-refractivity contribution in [2.75, 3.05) is 19.0 Å². The van der Waals surface area contributed by atoms with Crippen LogP contribution in [0.5, 0.6) is 0 Å². The first-order valence-electron chi connectivity index (χ1n) is 5.79. The summed E-state index contributed by atoms with van der Waals surface area (Å²) in [5.74, 6) is 0.745. The molecule has 5 nitrogen and oxygen atoms in total. The fourth-order valence-electron chi connectivity index (χ4n) is 1.60. The van der Waals surface area contributed by atoms with E-state index in [1.54, 1.807) is 12.1 Å². The number of ether oxygens (including phenoxy) is 1. The molecule has 0 fully saturated rings. The van der Waals surface area contributed by atoms with Crippen molar-refractivity contribution < 1.29 is 13.9 Å². The molecule has 96 valence electrons. The smallest absolute Gasteiger partial charge is 0.250 e. The normalized spacial score (nSPS) is 11.1. The van der Waals surface area contributed by atoms with E-state index in [1.807, 2.05) is 19.9 Å². The first-order chi connectivity index (χ1) is 8.60. The van der Waals surface area contributed by atoms with Gasteiger partial charge in [-0.25, -0.2) is 4.98 Å². The van der Waals surface area contributed by atoms with Gasteiger partial charge in [0.2, 0.25) is 5.91 Å². The Labute approximate surface area is 105 Å². The van der Waals surface area contributed by atoms with Gasteiger partial charge < -0.3 is 14.5 Å². The second-order valence-corrected chi connectivity index (χ2v) is 4.37. The molecular formula is C13H16N2O3. The molecule has 0 spiro atoms. The van der Waals surface area contributed by atoms with E-state index >= 15 is 0 Å². The quantitative estimate of drug-likeness (QED) is 0.903. The van der Waals surface area contributed by atoms with Crippen LogP contribution in [0.1, 0.15) is 25.7 Å². The summed E-state index contributed by atoms with van der Waals surface area (Å²) in [5.41, 5.74) is 2.15. The van der Waals surface area contributed by atoms with Crippen LogP contribution in [0.25, 0.3) is 11.1 Å². The number of methoxy groups -OCH3 is 1. The highest BCUT2D eigenvalue weighted by molar-refractivity contribution is 5.93. The van der Waals surface area contributed by atoms with E-state index in [1.165, 1.54) is 7.11 Å². The Balaban J connectivity index is 2.24. The molecule has 0 bridgehead atoms. The van der Waals surface area contributed by atoms with E-state index < -0.39 is 0 Å². The van der Waals surface area contributed by atoms with Gasteiger partial charge in [-0.2, -0.15) is 0 Å². The number of carbonyl (C=O) groups excluding carboxylic acids is 1. The SMILES string of the molecule is COCC(=O)Nc1ccc2nc(C(C)C)oc2c1. The maximum absolute atomic E-state index is 11.4. The van der Waals surface area contributed by atoms with Crippen molar-refractivity contribution in [3.8, 4) is 0 Å². The Morgan fingerprint density at radius 1 is 1.50 bits per heavy atom. The van der Waals surface area contributed by atoms with Crippen molar-refractivity contribution in [2.24, 2.45) is 0 Å². The zero-order valence-electron chi connectivity index (χ0n) is 10.7. The van der Waals surface area contributed by atoms with Gasteiger partial charge >= 0.3 is 0 Å². The molecule has 1 aromatic heterocycles. The Hall–Kier alpha value is -1.88. The molecule has 0 atom stereocenters. The number of hydrogen-bond donors (Lipinski definition) is 1. The fourth-order valence-corrected chi connectivity index (χ4v) is 1.60. The third kappa shape index (κ3) is 2.68. The number of hydrogen-bond acceptors (Lipinski definition) is 4. The van der Waals surface area contributed by atoms with Gasteiger partial charge in [0.25, 0.3) is 0 Å². The largest absolute Gasteiger partial charge is 0.440 e. The molecule has 1 N–H and O–H groups in total. The number of anilines is 1. The molecule has 0 aliphatic rings. The molecule has 0 aliphatic carbocycles. The third-order valence-corrected chi connectivity index (χ3v) is 2.46. The zero-order valence-corrected chi connectivity index (χ0v) is 10.7. The lowest BCUT2D eigenvalue weighted by Gasteiger charge is -2.03. The summed E-state index contributed by atoms with van der Waals surface area (Å²) in [6, 6.07) is 5.39. The van der Waals surface area contributed by atoms with Gasteiger partial charge in [-0.05, 0) is 12.1 Å². The summed E-state index contributed by atoms with van der Waals surface area (Å²) >= 11 is 0. The van der Waals surface area contributed by atoms with Crippen LogP contribution < -0.4 is 5.32 Å². The van der Waals surface area contributed by atoms with Crippen LogP contribution in [0.4, 0.5) is 5.69 Å². The van der Waals surface area contributed by atoms with E-state index in [-0.39, 0.29) is 18.4 Å². The van der Waals surface area contributed by atoms with Gasteiger partial charge in [0, 0.05) is 24.8 Å². The summed E-state index contributed by atoms with van der Waals surface area (Å²) in [5, 5.41) is 2.72. The molecule has 5 heteroatoms. The number of carbonyl (C=O) groups is 1. The summed E-state index contributed by atoms with van der Waals surface area (Å²) < 4.78 is 10.4. The van der Waals surface area contributed by atoms with Crippen LogP contribution in [0, 0.1) is 0 Å². The van der Waals surface area contributed by atoms with Gasteiger partial charge in [-0.15, -0.1) is 0 Å². The lowest BCUT2D eigenvalue weighted by Crippen LogP contribution is -2.16. The van der Waals surface area contributed by atoms with Gasteiger partial charge in [0.1, 0.15) is 12.1 Å². The van der Waals surface area contributed by atoms with E-state index in [4.69, 9.17) is 9.15 Å². The highest BCUT2D eigenvalue weighted by Gasteiger charge is 2.10. The molecule has 1 aromatic carbocycles. The monoisotopic (exact) mass is 248 g/mol. The Morgan fingerprint density at radius 3 is 2.94 bits per heavy atom. The molecule has 2 rings (SSSR count). The van der Waals surface area contributed by atoms with Crippen molar-refractivity contribution in [3.63, 3.8) is 0 Å². The minimum absolute atomic E-state index is 0.0334. The maximum Gasteiger partial charge on any atom is 0.250 e. The second kappa shape index (κ2) is 5.18. The van der Waals surface area contributed by atoms with Crippen LogP contribution in [-0.2, 0) is 9.53 Å². The average Bonchev–Trinajstić information content (AvgIpc) is 2.72. The molecule has 0 saturated heterocycles. The minimum Gasteiger partial charge on any atom is -0.440 e. The predicted octanol–water partition coefficient (Wildman–Crippen LogP) is 2.54. The van der Waals surface area contributed by atoms with Crippen molar-refractivity contribution in [3.05, 3.63) is 24.1 Å². The van der Waals surface area contributed by atoms with E-state index in [9.17, 15) is 4.79 Å². The molecule has 0 unspecified atom stereocenters. The number of nitrogens with zero attached hydrogens (tertiary/aromatic N) is 1. The number of nitrogens with one attached hydrogen (secondary N) is 1. The maximum atomic E-state index is 11.4. The number of benzene rings is 1. The van der Waals surface area contributed by atoms with E-state index in [2.05, 4.69) is 10.3 Å². The van der Waals surface area contributed by atoms with Crippen LogP contribution in [0.2, 0.25) is 0 Å². The number of rotatable bonds is 4. The molecule has 2 aromatic rings. The lowest BCUT2D eigenvalue weighted by atomic mass is 10.2. The minimum atomic E-state index is -0.194. The number of oxazole rings is 1. The van der Waals surface area contributed by atoms with Crippen molar-refractivity contribution in [1.82, 2.24) is 4.98 Å². The summed E-state index contributed by atoms with van der Waals surface area (Å²) in [4.78, 5) is 15.7. The van der Waals surface area contributed by atoms with Gasteiger partial charge in [-0.1, -0.05) is 13.8 Å². The standard InChI is InChI=1S/C13H16N2O3/c1-8(2)13-15-10-5-4-9(6-11(10)18-13)14-12(16)7-17-3/h4-6,8H,7H2,1-3H3,(H,14,16). The topological polar surface area (TPSA) is 64.4 Å². The first-order valence-corrected chi connectivity index (χ1v) is 5.79. The van der Waals surface area contributed by atoms with Crippen LogP contribution in [0.3, 0.4) is 0 Å². The van der Waals surface area contributed by atoms with Crippen molar-refractivity contribution in [1.29, 1.82) is 0 Å².